The highest BCUT2D eigenvalue weighted by molar-refractivity contribution is 5.18. The average Bonchev–Trinajstić information content (AvgIpc) is 2.43. The van der Waals surface area contributed by atoms with E-state index in [9.17, 15) is 0 Å². The van der Waals surface area contributed by atoms with Gasteiger partial charge in [0.25, 0.3) is 0 Å². The third-order valence-electron chi connectivity index (χ3n) is 2.98. The van der Waals surface area contributed by atoms with Crippen LogP contribution in [-0.4, -0.2) is 0 Å². The Morgan fingerprint density at radius 3 is 1.10 bits per heavy atom. The Kier molecular flexibility index (Phi) is 11.1. The molecule has 0 aliphatic carbocycles. The Labute approximate surface area is 125 Å². The van der Waals surface area contributed by atoms with Gasteiger partial charge in [0.05, 0.1) is 0 Å². The monoisotopic (exact) mass is 268 g/mol. The topological polar surface area (TPSA) is 0 Å². The van der Waals surface area contributed by atoms with Gasteiger partial charge in [-0.05, 0) is 38.5 Å². The summed E-state index contributed by atoms with van der Waals surface area (Å²) in [5.41, 5.74) is 3.94. The summed E-state index contributed by atoms with van der Waals surface area (Å²) in [6, 6.07) is 0. The molecule has 0 aromatic rings. The molecule has 0 spiro atoms. The van der Waals surface area contributed by atoms with Crippen molar-refractivity contribution in [2.75, 3.05) is 0 Å². The lowest BCUT2D eigenvalue weighted by molar-refractivity contribution is 1.02. The van der Waals surface area contributed by atoms with Crippen LogP contribution in [0.3, 0.4) is 0 Å². The van der Waals surface area contributed by atoms with E-state index >= 15 is 0 Å². The first-order valence-corrected chi connectivity index (χ1v) is 7.13. The summed E-state index contributed by atoms with van der Waals surface area (Å²) in [6.45, 7) is 19.3. The summed E-state index contributed by atoms with van der Waals surface area (Å²) >= 11 is 0. The summed E-state index contributed by atoms with van der Waals surface area (Å²) in [4.78, 5) is 0. The molecule has 0 atom stereocenters. The van der Waals surface area contributed by atoms with E-state index < -0.39 is 0 Å². The quantitative estimate of drug-likeness (QED) is 0.355. The van der Waals surface area contributed by atoms with Crippen LogP contribution < -0.4 is 0 Å². The Balaban J connectivity index is 4.45. The molecule has 0 amide bonds. The molecular formula is C20H28. The number of allylic oxidation sites excluding steroid dienone is 9. The van der Waals surface area contributed by atoms with Crippen molar-refractivity contribution in [3.63, 3.8) is 0 Å². The van der Waals surface area contributed by atoms with Gasteiger partial charge in [-0.25, -0.2) is 0 Å². The van der Waals surface area contributed by atoms with Gasteiger partial charge in [0.2, 0.25) is 0 Å². The lowest BCUT2D eigenvalue weighted by Gasteiger charge is -2.05. The van der Waals surface area contributed by atoms with E-state index in [1.807, 2.05) is 24.3 Å². The van der Waals surface area contributed by atoms with Crippen molar-refractivity contribution in [2.24, 2.45) is 0 Å². The average molecular weight is 268 g/mol. The molecule has 0 aliphatic heterocycles. The zero-order valence-electron chi connectivity index (χ0n) is 12.7. The molecule has 0 saturated carbocycles. The van der Waals surface area contributed by atoms with Crippen LogP contribution in [0, 0.1) is 0 Å². The van der Waals surface area contributed by atoms with Crippen molar-refractivity contribution in [2.45, 2.75) is 38.5 Å². The summed E-state index contributed by atoms with van der Waals surface area (Å²) in [5, 5.41) is 0. The predicted octanol–water partition coefficient (Wildman–Crippen LogP) is 6.48. The summed E-state index contributed by atoms with van der Waals surface area (Å²) in [6.07, 6.45) is 17.8. The largest absolute Gasteiger partial charge is 0.103 e. The van der Waals surface area contributed by atoms with E-state index in [0.717, 1.165) is 38.5 Å². The fourth-order valence-corrected chi connectivity index (χ4v) is 1.90. The van der Waals surface area contributed by atoms with Crippen LogP contribution in [0.15, 0.2) is 86.1 Å². The molecule has 0 N–H and O–H groups in total. The van der Waals surface area contributed by atoms with Gasteiger partial charge in [-0.2, -0.15) is 0 Å². The second kappa shape index (κ2) is 12.2. The number of rotatable bonds is 12. The SMILES string of the molecule is C=CCC(=CCC(=C)CC=C(CC=C)CC=C)CC=C. The molecular weight excluding hydrogens is 240 g/mol. The van der Waals surface area contributed by atoms with Crippen molar-refractivity contribution in [1.82, 2.24) is 0 Å². The maximum absolute atomic E-state index is 4.15. The van der Waals surface area contributed by atoms with E-state index in [1.165, 1.54) is 16.7 Å². The van der Waals surface area contributed by atoms with E-state index in [1.54, 1.807) is 0 Å². The Morgan fingerprint density at radius 2 is 0.850 bits per heavy atom. The van der Waals surface area contributed by atoms with Crippen LogP contribution in [0.1, 0.15) is 38.5 Å². The number of hydrogen-bond donors (Lipinski definition) is 0. The fraction of sp³-hybridized carbons (Fsp3) is 0.300. The molecule has 0 fully saturated rings. The van der Waals surface area contributed by atoms with E-state index in [2.05, 4.69) is 45.0 Å². The highest BCUT2D eigenvalue weighted by Gasteiger charge is 1.96. The van der Waals surface area contributed by atoms with Gasteiger partial charge in [-0.15, -0.1) is 26.3 Å². The maximum Gasteiger partial charge on any atom is -0.0135 e. The second-order valence-electron chi connectivity index (χ2n) is 4.85. The highest BCUT2D eigenvalue weighted by atomic mass is 14.0. The third kappa shape index (κ3) is 9.16. The molecule has 0 aromatic heterocycles. The van der Waals surface area contributed by atoms with Gasteiger partial charge < -0.3 is 0 Å². The van der Waals surface area contributed by atoms with Crippen molar-refractivity contribution >= 4 is 0 Å². The highest BCUT2D eigenvalue weighted by Crippen LogP contribution is 2.16. The van der Waals surface area contributed by atoms with Gasteiger partial charge in [-0.3, -0.25) is 0 Å². The molecule has 0 heteroatoms. The first-order chi connectivity index (χ1) is 9.67. The molecule has 0 saturated heterocycles. The Morgan fingerprint density at radius 1 is 0.550 bits per heavy atom. The van der Waals surface area contributed by atoms with Gasteiger partial charge in [-0.1, -0.05) is 59.8 Å². The predicted molar refractivity (Wildman–Crippen MR) is 93.8 cm³/mol. The molecule has 0 rings (SSSR count). The Hall–Kier alpha value is -1.82. The van der Waals surface area contributed by atoms with E-state index in [-0.39, 0.29) is 0 Å². The number of hydrogen-bond acceptors (Lipinski definition) is 0. The van der Waals surface area contributed by atoms with Crippen LogP contribution in [0.25, 0.3) is 0 Å². The fourth-order valence-electron chi connectivity index (χ4n) is 1.90. The minimum atomic E-state index is 0.920. The molecule has 0 aromatic carbocycles. The Bertz CT molecular complexity index is 340. The molecule has 0 nitrogen and oxygen atoms in total. The van der Waals surface area contributed by atoms with Crippen LogP contribution in [0.2, 0.25) is 0 Å². The molecule has 0 unspecified atom stereocenters. The van der Waals surface area contributed by atoms with Crippen molar-refractivity contribution < 1.29 is 0 Å². The van der Waals surface area contributed by atoms with Crippen molar-refractivity contribution in [1.29, 1.82) is 0 Å². The first-order valence-electron chi connectivity index (χ1n) is 7.13. The molecule has 0 aliphatic rings. The van der Waals surface area contributed by atoms with Gasteiger partial charge in [0.1, 0.15) is 0 Å². The zero-order chi connectivity index (χ0) is 15.2. The lowest BCUT2D eigenvalue weighted by atomic mass is 10.0. The third-order valence-corrected chi connectivity index (χ3v) is 2.98. The van der Waals surface area contributed by atoms with Gasteiger partial charge in [0, 0.05) is 0 Å². The van der Waals surface area contributed by atoms with Crippen molar-refractivity contribution in [3.05, 3.63) is 86.1 Å². The molecule has 0 heterocycles. The van der Waals surface area contributed by atoms with Crippen LogP contribution in [0.5, 0.6) is 0 Å². The van der Waals surface area contributed by atoms with Gasteiger partial charge in [0.15, 0.2) is 0 Å². The summed E-state index contributed by atoms with van der Waals surface area (Å²) in [7, 11) is 0. The minimum Gasteiger partial charge on any atom is -0.103 e. The zero-order valence-corrected chi connectivity index (χ0v) is 12.7. The van der Waals surface area contributed by atoms with E-state index in [0.29, 0.717) is 0 Å². The first kappa shape index (κ1) is 18.2. The van der Waals surface area contributed by atoms with Crippen LogP contribution in [0.4, 0.5) is 0 Å². The standard InChI is InChI=1S/C20H28/c1-6-10-19(11-7-2)16-14-18(5)15-17-20(12-8-3)13-9-4/h6-9,16-17H,1-5,10-15H2. The van der Waals surface area contributed by atoms with E-state index in [4.69, 9.17) is 0 Å². The van der Waals surface area contributed by atoms with Crippen LogP contribution in [-0.2, 0) is 0 Å². The van der Waals surface area contributed by atoms with Crippen LogP contribution >= 0.6 is 0 Å². The second-order valence-corrected chi connectivity index (χ2v) is 4.85. The molecule has 0 radical (unpaired) electrons. The molecule has 0 bridgehead atoms. The normalized spacial score (nSPS) is 9.20. The smallest absolute Gasteiger partial charge is 0.0135 e. The maximum atomic E-state index is 4.15. The van der Waals surface area contributed by atoms with Gasteiger partial charge >= 0.3 is 0 Å². The van der Waals surface area contributed by atoms with Crippen molar-refractivity contribution in [3.8, 4) is 0 Å². The lowest BCUT2D eigenvalue weighted by Crippen LogP contribution is -1.85. The summed E-state index contributed by atoms with van der Waals surface area (Å²) < 4.78 is 0. The molecule has 20 heavy (non-hydrogen) atoms. The minimum absolute atomic E-state index is 0.920. The summed E-state index contributed by atoms with van der Waals surface area (Å²) in [5.74, 6) is 0. The molecule has 108 valence electrons.